The number of likely N-dealkylation sites (tertiary alicyclic amines) is 1. The van der Waals surface area contributed by atoms with Crippen molar-refractivity contribution in [2.45, 2.75) is 61.6 Å². The molecule has 34 heavy (non-hydrogen) atoms. The minimum absolute atomic E-state index is 0.00419. The average Bonchev–Trinajstić information content (AvgIpc) is 3.18. The number of phenolic OH excluding ortho intramolecular Hbond substituents is 1. The molecule has 178 valence electrons. The molecule has 1 spiro atoms. The fraction of sp³-hybridized carbons (Fsp3) is 0.481. The number of aliphatic hydroxyl groups is 1. The van der Waals surface area contributed by atoms with Crippen molar-refractivity contribution in [2.75, 3.05) is 13.1 Å². The SMILES string of the molecule is Cc1ccc(O)cc1[C@]12CC3CN(CCc4ccccc4)[C@H]3[C@]1(O)CC[C@@]1(C2)NC(=O)NC1=O. The van der Waals surface area contributed by atoms with Crippen LogP contribution in [0, 0.1) is 12.8 Å². The molecule has 2 heterocycles. The molecular formula is C27H31N3O4. The summed E-state index contributed by atoms with van der Waals surface area (Å²) in [5, 5.41) is 28.2. The molecule has 2 saturated carbocycles. The lowest BCUT2D eigenvalue weighted by Gasteiger charge is -2.57. The standard InChI is InChI=1S/C27H31N3O4/c1-17-7-8-20(31)13-21(17)25-14-19-15-30(12-9-18-5-3-2-4-6-18)22(19)27(25,34)11-10-26(16-25)23(32)28-24(33)29-26/h2-8,13,19,22,31,34H,9-12,14-16H2,1H3,(H2,28,29,32,33)/t19?,22-,25-,26+,27-/m1/s1. The van der Waals surface area contributed by atoms with Crippen molar-refractivity contribution < 1.29 is 19.8 Å². The number of hydrogen-bond donors (Lipinski definition) is 4. The van der Waals surface area contributed by atoms with Gasteiger partial charge in [-0.2, -0.15) is 0 Å². The van der Waals surface area contributed by atoms with Crippen molar-refractivity contribution in [3.8, 4) is 5.75 Å². The normalized spacial score (nSPS) is 36.5. The van der Waals surface area contributed by atoms with Gasteiger partial charge < -0.3 is 15.5 Å². The van der Waals surface area contributed by atoms with Crippen LogP contribution in [0.15, 0.2) is 48.5 Å². The van der Waals surface area contributed by atoms with Crippen LogP contribution in [-0.2, 0) is 16.6 Å². The van der Waals surface area contributed by atoms with Crippen molar-refractivity contribution in [1.82, 2.24) is 15.5 Å². The number of imide groups is 1. The van der Waals surface area contributed by atoms with Gasteiger partial charge in [0.15, 0.2) is 0 Å². The first-order valence-corrected chi connectivity index (χ1v) is 12.2. The van der Waals surface area contributed by atoms with E-state index in [1.165, 1.54) is 5.56 Å². The molecule has 2 aliphatic heterocycles. The molecular weight excluding hydrogens is 430 g/mol. The quantitative estimate of drug-likeness (QED) is 0.524. The van der Waals surface area contributed by atoms with Crippen LogP contribution in [0.25, 0.3) is 0 Å². The Morgan fingerprint density at radius 2 is 1.91 bits per heavy atom. The molecule has 2 aliphatic carbocycles. The molecule has 0 bridgehead atoms. The molecule has 6 rings (SSSR count). The molecule has 4 aliphatic rings. The lowest BCUT2D eigenvalue weighted by molar-refractivity contribution is -0.148. The molecule has 1 unspecified atom stereocenters. The van der Waals surface area contributed by atoms with E-state index < -0.39 is 22.6 Å². The molecule has 2 aromatic carbocycles. The number of amides is 3. The maximum absolute atomic E-state index is 12.9. The van der Waals surface area contributed by atoms with E-state index in [1.54, 1.807) is 12.1 Å². The number of aromatic hydroxyl groups is 1. The van der Waals surface area contributed by atoms with Gasteiger partial charge in [0.2, 0.25) is 0 Å². The van der Waals surface area contributed by atoms with Crippen LogP contribution in [0.1, 0.15) is 42.4 Å². The third-order valence-electron chi connectivity index (χ3n) is 9.06. The lowest BCUT2D eigenvalue weighted by atomic mass is 9.55. The van der Waals surface area contributed by atoms with Gasteiger partial charge in [0, 0.05) is 24.5 Å². The van der Waals surface area contributed by atoms with Crippen LogP contribution in [0.5, 0.6) is 5.75 Å². The number of fused-ring (bicyclic) bond motifs is 3. The summed E-state index contributed by atoms with van der Waals surface area (Å²) in [5.41, 5.74) is 0.332. The van der Waals surface area contributed by atoms with E-state index in [4.69, 9.17) is 0 Å². The highest BCUT2D eigenvalue weighted by Crippen LogP contribution is 2.65. The van der Waals surface area contributed by atoms with Gasteiger partial charge in [-0.1, -0.05) is 36.4 Å². The molecule has 7 heteroatoms. The predicted molar refractivity (Wildman–Crippen MR) is 126 cm³/mol. The Labute approximate surface area is 199 Å². The zero-order chi connectivity index (χ0) is 23.7. The lowest BCUT2D eigenvalue weighted by Crippen LogP contribution is -2.70. The van der Waals surface area contributed by atoms with Crippen LogP contribution < -0.4 is 10.6 Å². The maximum Gasteiger partial charge on any atom is 0.322 e. The van der Waals surface area contributed by atoms with E-state index in [-0.39, 0.29) is 17.7 Å². The van der Waals surface area contributed by atoms with Crippen LogP contribution in [0.4, 0.5) is 4.79 Å². The van der Waals surface area contributed by atoms with Crippen molar-refractivity contribution in [3.05, 3.63) is 65.2 Å². The molecule has 2 saturated heterocycles. The molecule has 4 fully saturated rings. The van der Waals surface area contributed by atoms with E-state index in [0.29, 0.717) is 25.2 Å². The monoisotopic (exact) mass is 461 g/mol. The summed E-state index contributed by atoms with van der Waals surface area (Å²) >= 11 is 0. The van der Waals surface area contributed by atoms with Gasteiger partial charge in [-0.3, -0.25) is 15.0 Å². The first-order valence-electron chi connectivity index (χ1n) is 12.2. The number of nitrogens with zero attached hydrogens (tertiary/aromatic N) is 1. The summed E-state index contributed by atoms with van der Waals surface area (Å²) in [6.07, 6.45) is 2.79. The molecule has 0 aromatic heterocycles. The van der Waals surface area contributed by atoms with Crippen LogP contribution in [0.3, 0.4) is 0 Å². The summed E-state index contributed by atoms with van der Waals surface area (Å²) in [5.74, 6) is 0.145. The Morgan fingerprint density at radius 1 is 1.12 bits per heavy atom. The number of carbonyl (C=O) groups is 2. The molecule has 0 radical (unpaired) electrons. The van der Waals surface area contributed by atoms with E-state index in [1.807, 2.05) is 19.1 Å². The van der Waals surface area contributed by atoms with Crippen molar-refractivity contribution in [1.29, 1.82) is 0 Å². The summed E-state index contributed by atoms with van der Waals surface area (Å²) in [6, 6.07) is 15.2. The number of nitrogens with one attached hydrogen (secondary N) is 2. The van der Waals surface area contributed by atoms with Crippen molar-refractivity contribution in [3.63, 3.8) is 0 Å². The van der Waals surface area contributed by atoms with Crippen LogP contribution >= 0.6 is 0 Å². The number of urea groups is 1. The van der Waals surface area contributed by atoms with Gasteiger partial charge in [0.25, 0.3) is 5.91 Å². The van der Waals surface area contributed by atoms with Gasteiger partial charge in [-0.15, -0.1) is 0 Å². The Balaban J connectivity index is 1.39. The fourth-order valence-electron chi connectivity index (χ4n) is 7.61. The predicted octanol–water partition coefficient (Wildman–Crippen LogP) is 2.38. The van der Waals surface area contributed by atoms with Crippen molar-refractivity contribution in [2.24, 2.45) is 5.92 Å². The summed E-state index contributed by atoms with van der Waals surface area (Å²) < 4.78 is 0. The van der Waals surface area contributed by atoms with Gasteiger partial charge in [0.05, 0.1) is 5.60 Å². The maximum atomic E-state index is 12.9. The number of aryl methyl sites for hydroxylation is 1. The summed E-state index contributed by atoms with van der Waals surface area (Å²) in [7, 11) is 0. The first kappa shape index (κ1) is 21.6. The zero-order valence-corrected chi connectivity index (χ0v) is 19.4. The molecule has 3 amide bonds. The van der Waals surface area contributed by atoms with Gasteiger partial charge in [-0.25, -0.2) is 4.79 Å². The minimum Gasteiger partial charge on any atom is -0.508 e. The first-order chi connectivity index (χ1) is 16.3. The summed E-state index contributed by atoms with van der Waals surface area (Å²) in [6.45, 7) is 3.77. The second-order valence-electron chi connectivity index (χ2n) is 10.8. The van der Waals surface area contributed by atoms with Crippen LogP contribution in [-0.4, -0.2) is 57.3 Å². The number of hydrogen-bond acceptors (Lipinski definition) is 5. The van der Waals surface area contributed by atoms with Crippen molar-refractivity contribution >= 4 is 11.9 Å². The molecule has 5 atom stereocenters. The van der Waals surface area contributed by atoms with Gasteiger partial charge >= 0.3 is 6.03 Å². The molecule has 4 N–H and O–H groups in total. The highest BCUT2D eigenvalue weighted by Gasteiger charge is 2.73. The largest absolute Gasteiger partial charge is 0.508 e. The molecule has 2 aromatic rings. The molecule has 7 nitrogen and oxygen atoms in total. The van der Waals surface area contributed by atoms with E-state index >= 15 is 0 Å². The number of carbonyl (C=O) groups excluding carboxylic acids is 2. The van der Waals surface area contributed by atoms with Gasteiger partial charge in [0.1, 0.15) is 11.3 Å². The minimum atomic E-state index is -1.05. The second kappa shape index (κ2) is 7.30. The Bertz CT molecular complexity index is 1170. The average molecular weight is 462 g/mol. The third-order valence-corrected chi connectivity index (χ3v) is 9.06. The topological polar surface area (TPSA) is 102 Å². The second-order valence-corrected chi connectivity index (χ2v) is 10.8. The Morgan fingerprint density at radius 3 is 2.65 bits per heavy atom. The fourth-order valence-corrected chi connectivity index (χ4v) is 7.61. The highest BCUT2D eigenvalue weighted by molar-refractivity contribution is 6.07. The Hall–Kier alpha value is -2.90. The highest BCUT2D eigenvalue weighted by atomic mass is 16.3. The zero-order valence-electron chi connectivity index (χ0n) is 19.4. The number of phenols is 1. The Kier molecular flexibility index (Phi) is 4.64. The number of rotatable bonds is 4. The third kappa shape index (κ3) is 2.89. The smallest absolute Gasteiger partial charge is 0.322 e. The van der Waals surface area contributed by atoms with Gasteiger partial charge in [-0.05, 0) is 73.8 Å². The van der Waals surface area contributed by atoms with E-state index in [2.05, 4.69) is 39.8 Å². The van der Waals surface area contributed by atoms with E-state index in [0.717, 1.165) is 37.1 Å². The summed E-state index contributed by atoms with van der Waals surface area (Å²) in [4.78, 5) is 27.5. The van der Waals surface area contributed by atoms with E-state index in [9.17, 15) is 19.8 Å². The number of benzene rings is 2. The van der Waals surface area contributed by atoms with Crippen LogP contribution in [0.2, 0.25) is 0 Å².